The lowest BCUT2D eigenvalue weighted by atomic mass is 9.90. The van der Waals surface area contributed by atoms with E-state index in [1.807, 2.05) is 12.1 Å². The van der Waals surface area contributed by atoms with Crippen molar-refractivity contribution >= 4 is 24.1 Å². The summed E-state index contributed by atoms with van der Waals surface area (Å²) in [6.45, 7) is 0.112. The number of rotatable bonds is 15. The Balaban J connectivity index is 1.30. The van der Waals surface area contributed by atoms with Crippen molar-refractivity contribution in [2.45, 2.75) is 24.9 Å². The van der Waals surface area contributed by atoms with Crippen LogP contribution in [-0.4, -0.2) is 68.9 Å². The number of carbonyl (C=O) groups is 2. The minimum Gasteiger partial charge on any atom is -0.504 e. The van der Waals surface area contributed by atoms with Crippen molar-refractivity contribution in [1.82, 2.24) is 0 Å². The third-order valence-electron chi connectivity index (χ3n) is 8.40. The molecule has 4 aromatic rings. The number of ether oxygens (including phenoxy) is 7. The molecule has 2 atom stereocenters. The lowest BCUT2D eigenvalue weighted by molar-refractivity contribution is -0.139. The number of phenolic OH excluding ortho intramolecular Hbond substituents is 3. The maximum atomic E-state index is 12.9. The zero-order chi connectivity index (χ0) is 37.2. The lowest BCUT2D eigenvalue weighted by Gasteiger charge is -2.20. The Kier molecular flexibility index (Phi) is 12.1. The number of benzene rings is 4. The second-order valence-corrected chi connectivity index (χ2v) is 11.7. The molecule has 12 nitrogen and oxygen atoms in total. The number of methoxy groups -OCH3 is 4. The molecule has 0 bridgehead atoms. The maximum absolute atomic E-state index is 12.9. The molecule has 1 aliphatic heterocycles. The summed E-state index contributed by atoms with van der Waals surface area (Å²) in [6.07, 6.45) is 6.16. The molecule has 0 spiro atoms. The summed E-state index contributed by atoms with van der Waals surface area (Å²) in [5.74, 6) is 0.199. The summed E-state index contributed by atoms with van der Waals surface area (Å²) < 4.78 is 38.9. The Labute approximate surface area is 301 Å². The predicted molar refractivity (Wildman–Crippen MR) is 191 cm³/mol. The fourth-order valence-electron chi connectivity index (χ4n) is 5.74. The van der Waals surface area contributed by atoms with Gasteiger partial charge in [0, 0.05) is 17.7 Å². The van der Waals surface area contributed by atoms with Crippen LogP contribution in [0.1, 0.15) is 46.3 Å². The van der Waals surface area contributed by atoms with Gasteiger partial charge in [0.15, 0.2) is 46.0 Å². The molecule has 0 aromatic heterocycles. The molecule has 0 unspecified atom stereocenters. The SMILES string of the molecule is COc1cc(/C=C/C(=O)OCCCc2cc(OC)c3c(c2)[C@H](COC(=O)/C=C/c2ccc(O)c(OC)c2)[C@@H](c2ccc(O)c(OC)c2)O3)ccc1O. The minimum absolute atomic E-state index is 0.00112. The van der Waals surface area contributed by atoms with Crippen molar-refractivity contribution in [3.63, 3.8) is 0 Å². The van der Waals surface area contributed by atoms with Gasteiger partial charge in [-0.2, -0.15) is 0 Å². The van der Waals surface area contributed by atoms with Crippen molar-refractivity contribution in [1.29, 1.82) is 0 Å². The van der Waals surface area contributed by atoms with Crippen LogP contribution in [0.3, 0.4) is 0 Å². The summed E-state index contributed by atoms with van der Waals surface area (Å²) in [7, 11) is 5.87. The third-order valence-corrected chi connectivity index (χ3v) is 8.40. The van der Waals surface area contributed by atoms with Crippen LogP contribution in [0.5, 0.6) is 46.0 Å². The van der Waals surface area contributed by atoms with Gasteiger partial charge in [0.1, 0.15) is 12.7 Å². The van der Waals surface area contributed by atoms with E-state index in [0.29, 0.717) is 46.8 Å². The fourth-order valence-corrected chi connectivity index (χ4v) is 5.74. The normalized spacial score (nSPS) is 14.8. The summed E-state index contributed by atoms with van der Waals surface area (Å²) in [5, 5.41) is 29.9. The molecule has 52 heavy (non-hydrogen) atoms. The van der Waals surface area contributed by atoms with Crippen molar-refractivity contribution in [3.05, 3.63) is 107 Å². The second-order valence-electron chi connectivity index (χ2n) is 11.7. The van der Waals surface area contributed by atoms with E-state index in [-0.39, 0.29) is 42.0 Å². The van der Waals surface area contributed by atoms with Crippen LogP contribution in [0.25, 0.3) is 12.2 Å². The highest BCUT2D eigenvalue weighted by molar-refractivity contribution is 5.87. The second kappa shape index (κ2) is 17.1. The van der Waals surface area contributed by atoms with Gasteiger partial charge in [-0.25, -0.2) is 9.59 Å². The first-order valence-electron chi connectivity index (χ1n) is 16.3. The van der Waals surface area contributed by atoms with Gasteiger partial charge in [0.2, 0.25) is 0 Å². The average molecular weight is 713 g/mol. The van der Waals surface area contributed by atoms with E-state index < -0.39 is 24.0 Å². The van der Waals surface area contributed by atoms with Gasteiger partial charge in [-0.3, -0.25) is 0 Å². The molecule has 0 saturated carbocycles. The standard InChI is InChI=1S/C40H40O12/c1-46-33-19-24(7-12-30(33)41)9-15-37(44)50-17-5-6-26-18-28-29(23-51-38(45)16-10-25-8-13-31(42)34(20-25)47-2)39(52-40(28)36(21-26)49-4)27-11-14-32(43)35(22-27)48-3/h7-16,18-22,29,39,41-43H,5-6,17,23H2,1-4H3/b15-9+,16-10+/t29-,39+/m0/s1. The molecule has 3 N–H and O–H groups in total. The van der Waals surface area contributed by atoms with Gasteiger partial charge < -0.3 is 48.5 Å². The molecule has 0 saturated heterocycles. The summed E-state index contributed by atoms with van der Waals surface area (Å²) in [6, 6.07) is 18.2. The van der Waals surface area contributed by atoms with Crippen molar-refractivity contribution in [2.75, 3.05) is 41.7 Å². The predicted octanol–water partition coefficient (Wildman–Crippen LogP) is 6.50. The molecular weight excluding hydrogens is 672 g/mol. The van der Waals surface area contributed by atoms with Gasteiger partial charge in [-0.15, -0.1) is 0 Å². The number of hydrogen-bond donors (Lipinski definition) is 3. The molecule has 0 fully saturated rings. The number of aromatic hydroxyl groups is 3. The van der Waals surface area contributed by atoms with Crippen LogP contribution in [0.2, 0.25) is 0 Å². The van der Waals surface area contributed by atoms with Gasteiger partial charge >= 0.3 is 11.9 Å². The highest BCUT2D eigenvalue weighted by Crippen LogP contribution is 2.52. The van der Waals surface area contributed by atoms with Gasteiger partial charge in [0.25, 0.3) is 0 Å². The Morgan fingerprint density at radius 3 is 1.79 bits per heavy atom. The minimum atomic E-state index is -0.618. The quantitative estimate of drug-likeness (QED) is 0.0699. The Morgan fingerprint density at radius 2 is 1.21 bits per heavy atom. The van der Waals surface area contributed by atoms with Gasteiger partial charge in [0.05, 0.1) is 41.0 Å². The first-order chi connectivity index (χ1) is 25.1. The zero-order valence-electron chi connectivity index (χ0n) is 29.2. The Bertz CT molecular complexity index is 1960. The summed E-state index contributed by atoms with van der Waals surface area (Å²) in [5.41, 5.74) is 3.63. The number of phenols is 3. The molecule has 0 radical (unpaired) electrons. The number of esters is 2. The number of carbonyl (C=O) groups excluding carboxylic acids is 2. The highest BCUT2D eigenvalue weighted by Gasteiger charge is 2.39. The summed E-state index contributed by atoms with van der Waals surface area (Å²) in [4.78, 5) is 25.3. The van der Waals surface area contributed by atoms with Crippen LogP contribution >= 0.6 is 0 Å². The van der Waals surface area contributed by atoms with E-state index in [0.717, 1.165) is 11.1 Å². The van der Waals surface area contributed by atoms with Crippen molar-refractivity contribution in [3.8, 4) is 46.0 Å². The van der Waals surface area contributed by atoms with Crippen LogP contribution < -0.4 is 23.7 Å². The fraction of sp³-hybridized carbons (Fsp3) is 0.250. The highest BCUT2D eigenvalue weighted by atomic mass is 16.5. The third kappa shape index (κ3) is 8.88. The van der Waals surface area contributed by atoms with E-state index in [2.05, 4.69) is 0 Å². The molecule has 1 aliphatic rings. The topological polar surface area (TPSA) is 159 Å². The average Bonchev–Trinajstić information content (AvgIpc) is 3.53. The molecule has 0 aliphatic carbocycles. The Morgan fingerprint density at radius 1 is 0.673 bits per heavy atom. The van der Waals surface area contributed by atoms with Crippen LogP contribution in [-0.2, 0) is 25.5 Å². The zero-order valence-corrected chi connectivity index (χ0v) is 29.2. The molecular formula is C40H40O12. The monoisotopic (exact) mass is 712 g/mol. The van der Waals surface area contributed by atoms with E-state index in [1.54, 1.807) is 48.6 Å². The van der Waals surface area contributed by atoms with E-state index in [4.69, 9.17) is 33.2 Å². The number of hydrogen-bond acceptors (Lipinski definition) is 12. The summed E-state index contributed by atoms with van der Waals surface area (Å²) >= 11 is 0. The molecule has 12 heteroatoms. The lowest BCUT2D eigenvalue weighted by Crippen LogP contribution is -2.17. The smallest absolute Gasteiger partial charge is 0.330 e. The maximum Gasteiger partial charge on any atom is 0.330 e. The van der Waals surface area contributed by atoms with Crippen LogP contribution in [0.15, 0.2) is 78.9 Å². The largest absolute Gasteiger partial charge is 0.504 e. The first kappa shape index (κ1) is 37.0. The van der Waals surface area contributed by atoms with Crippen LogP contribution in [0.4, 0.5) is 0 Å². The molecule has 272 valence electrons. The van der Waals surface area contributed by atoms with E-state index in [1.165, 1.54) is 58.8 Å². The number of aryl methyl sites for hydroxylation is 1. The molecule has 4 aromatic carbocycles. The Hall–Kier alpha value is -6.30. The molecule has 1 heterocycles. The van der Waals surface area contributed by atoms with Gasteiger partial charge in [-0.05, 0) is 89.7 Å². The van der Waals surface area contributed by atoms with Gasteiger partial charge in [-0.1, -0.05) is 24.3 Å². The van der Waals surface area contributed by atoms with Crippen molar-refractivity contribution < 1.29 is 58.1 Å². The van der Waals surface area contributed by atoms with Crippen LogP contribution in [0, 0.1) is 0 Å². The first-order valence-corrected chi connectivity index (χ1v) is 16.3. The van der Waals surface area contributed by atoms with Crippen molar-refractivity contribution in [2.24, 2.45) is 0 Å². The molecule has 0 amide bonds. The number of fused-ring (bicyclic) bond motifs is 1. The molecule has 5 rings (SSSR count). The van der Waals surface area contributed by atoms with E-state index in [9.17, 15) is 24.9 Å². The van der Waals surface area contributed by atoms with E-state index >= 15 is 0 Å².